The summed E-state index contributed by atoms with van der Waals surface area (Å²) in [7, 11) is 0. The number of aliphatic carboxylic acids is 1. The van der Waals surface area contributed by atoms with Gasteiger partial charge < -0.3 is 20.5 Å². The molecule has 7 heteroatoms. The second-order valence-corrected chi connectivity index (χ2v) is 5.28. The summed E-state index contributed by atoms with van der Waals surface area (Å²) in [5.74, 6) is -1.66. The number of rotatable bonds is 7. The van der Waals surface area contributed by atoms with Crippen molar-refractivity contribution in [3.63, 3.8) is 0 Å². The fourth-order valence-corrected chi connectivity index (χ4v) is 1.56. The standard InChI is InChI=1S/C15H20N2O5/c1-10-4-6-11(7-5-10)22-15(2,3)14(21)17-8-12(18)16-9-13(19)20/h4-7H,8-9H2,1-3H3,(H,16,18)(H,17,21)(H,19,20). The predicted molar refractivity (Wildman–Crippen MR) is 79.5 cm³/mol. The summed E-state index contributed by atoms with van der Waals surface area (Å²) in [6.45, 7) is 4.30. The van der Waals surface area contributed by atoms with E-state index >= 15 is 0 Å². The van der Waals surface area contributed by atoms with Crippen molar-refractivity contribution in [1.29, 1.82) is 0 Å². The van der Waals surface area contributed by atoms with E-state index in [0.717, 1.165) is 5.56 Å². The van der Waals surface area contributed by atoms with E-state index < -0.39 is 29.9 Å². The number of ether oxygens (including phenoxy) is 1. The van der Waals surface area contributed by atoms with Gasteiger partial charge in [-0.1, -0.05) is 17.7 Å². The van der Waals surface area contributed by atoms with E-state index in [2.05, 4.69) is 10.6 Å². The van der Waals surface area contributed by atoms with Crippen LogP contribution in [0, 0.1) is 6.92 Å². The van der Waals surface area contributed by atoms with E-state index in [9.17, 15) is 14.4 Å². The van der Waals surface area contributed by atoms with E-state index in [-0.39, 0.29) is 6.54 Å². The number of carboxylic acid groups (broad SMARTS) is 1. The molecule has 0 aliphatic heterocycles. The summed E-state index contributed by atoms with van der Waals surface area (Å²) in [6.07, 6.45) is 0. The van der Waals surface area contributed by atoms with Crippen LogP contribution in [0.15, 0.2) is 24.3 Å². The number of benzene rings is 1. The van der Waals surface area contributed by atoms with Crippen LogP contribution in [0.4, 0.5) is 0 Å². The van der Waals surface area contributed by atoms with Crippen LogP contribution in [0.5, 0.6) is 5.75 Å². The second-order valence-electron chi connectivity index (χ2n) is 5.28. The minimum Gasteiger partial charge on any atom is -0.480 e. The van der Waals surface area contributed by atoms with Crippen molar-refractivity contribution in [2.45, 2.75) is 26.4 Å². The van der Waals surface area contributed by atoms with Crippen molar-refractivity contribution in [1.82, 2.24) is 10.6 Å². The van der Waals surface area contributed by atoms with Crippen LogP contribution in [-0.2, 0) is 14.4 Å². The van der Waals surface area contributed by atoms with Gasteiger partial charge in [0, 0.05) is 0 Å². The molecule has 120 valence electrons. The molecular formula is C15H20N2O5. The Morgan fingerprint density at radius 2 is 1.68 bits per heavy atom. The molecule has 0 heterocycles. The molecule has 0 saturated carbocycles. The van der Waals surface area contributed by atoms with Crippen molar-refractivity contribution >= 4 is 17.8 Å². The first-order valence-electron chi connectivity index (χ1n) is 6.73. The normalized spacial score (nSPS) is 10.7. The highest BCUT2D eigenvalue weighted by molar-refractivity contribution is 5.90. The number of amides is 2. The fraction of sp³-hybridized carbons (Fsp3) is 0.400. The molecule has 0 aliphatic carbocycles. The lowest BCUT2D eigenvalue weighted by Crippen LogP contribution is -2.49. The summed E-state index contributed by atoms with van der Waals surface area (Å²) >= 11 is 0. The average Bonchev–Trinajstić information content (AvgIpc) is 2.44. The molecule has 0 unspecified atom stereocenters. The molecule has 2 amide bonds. The third-order valence-electron chi connectivity index (χ3n) is 2.79. The van der Waals surface area contributed by atoms with E-state index in [4.69, 9.17) is 9.84 Å². The number of hydrogen-bond donors (Lipinski definition) is 3. The number of nitrogens with one attached hydrogen (secondary N) is 2. The Kier molecular flexibility index (Phi) is 5.91. The first kappa shape index (κ1) is 17.5. The number of carboxylic acids is 1. The average molecular weight is 308 g/mol. The number of aryl methyl sites for hydroxylation is 1. The molecule has 0 spiro atoms. The van der Waals surface area contributed by atoms with Crippen molar-refractivity contribution in [3.05, 3.63) is 29.8 Å². The lowest BCUT2D eigenvalue weighted by Gasteiger charge is -2.25. The van der Waals surface area contributed by atoms with Crippen molar-refractivity contribution in [3.8, 4) is 5.75 Å². The molecule has 1 aromatic rings. The van der Waals surface area contributed by atoms with E-state index in [1.807, 2.05) is 19.1 Å². The van der Waals surface area contributed by atoms with Crippen LogP contribution in [0.25, 0.3) is 0 Å². The zero-order chi connectivity index (χ0) is 16.8. The Labute approximate surface area is 128 Å². The minimum atomic E-state index is -1.16. The third kappa shape index (κ3) is 5.82. The van der Waals surface area contributed by atoms with Crippen LogP contribution in [-0.4, -0.2) is 41.6 Å². The molecule has 0 aliphatic rings. The molecule has 3 N–H and O–H groups in total. The maximum Gasteiger partial charge on any atom is 0.322 e. The SMILES string of the molecule is Cc1ccc(OC(C)(C)C(=O)NCC(=O)NCC(=O)O)cc1. The predicted octanol–water partition coefficient (Wildman–Crippen LogP) is 0.469. The van der Waals surface area contributed by atoms with Gasteiger partial charge in [0.05, 0.1) is 6.54 Å². The lowest BCUT2D eigenvalue weighted by molar-refractivity contribution is -0.138. The summed E-state index contributed by atoms with van der Waals surface area (Å²) in [5, 5.41) is 13.0. The van der Waals surface area contributed by atoms with Gasteiger partial charge in [0.1, 0.15) is 12.3 Å². The molecular weight excluding hydrogens is 288 g/mol. The molecule has 0 saturated heterocycles. The molecule has 1 aromatic carbocycles. The molecule has 7 nitrogen and oxygen atoms in total. The molecule has 0 bridgehead atoms. The molecule has 0 fully saturated rings. The summed E-state index contributed by atoms with van der Waals surface area (Å²) in [6, 6.07) is 7.24. The van der Waals surface area contributed by atoms with Gasteiger partial charge in [0.25, 0.3) is 5.91 Å². The zero-order valence-electron chi connectivity index (χ0n) is 12.8. The quantitative estimate of drug-likeness (QED) is 0.679. The highest BCUT2D eigenvalue weighted by atomic mass is 16.5. The Balaban J connectivity index is 2.50. The number of hydrogen-bond acceptors (Lipinski definition) is 4. The highest BCUT2D eigenvalue weighted by Gasteiger charge is 2.30. The smallest absolute Gasteiger partial charge is 0.322 e. The van der Waals surface area contributed by atoms with Gasteiger partial charge in [-0.25, -0.2) is 0 Å². The third-order valence-corrected chi connectivity index (χ3v) is 2.79. The van der Waals surface area contributed by atoms with Crippen LogP contribution < -0.4 is 15.4 Å². The van der Waals surface area contributed by atoms with Crippen LogP contribution in [0.1, 0.15) is 19.4 Å². The van der Waals surface area contributed by atoms with Crippen molar-refractivity contribution in [2.75, 3.05) is 13.1 Å². The van der Waals surface area contributed by atoms with Gasteiger partial charge in [0.15, 0.2) is 5.60 Å². The van der Waals surface area contributed by atoms with Gasteiger partial charge in [-0.15, -0.1) is 0 Å². The van der Waals surface area contributed by atoms with Crippen LogP contribution in [0.2, 0.25) is 0 Å². The van der Waals surface area contributed by atoms with Crippen LogP contribution in [0.3, 0.4) is 0 Å². The number of carbonyl (C=O) groups excluding carboxylic acids is 2. The second kappa shape index (κ2) is 7.44. The molecule has 22 heavy (non-hydrogen) atoms. The van der Waals surface area contributed by atoms with Gasteiger partial charge in [-0.05, 0) is 32.9 Å². The fourth-order valence-electron chi connectivity index (χ4n) is 1.56. The summed E-state index contributed by atoms with van der Waals surface area (Å²) in [4.78, 5) is 33.7. The molecule has 0 aromatic heterocycles. The first-order valence-corrected chi connectivity index (χ1v) is 6.73. The summed E-state index contributed by atoms with van der Waals surface area (Å²) < 4.78 is 5.61. The Morgan fingerprint density at radius 3 is 2.23 bits per heavy atom. The Morgan fingerprint density at radius 1 is 1.09 bits per heavy atom. The first-order chi connectivity index (χ1) is 10.2. The van der Waals surface area contributed by atoms with E-state index in [1.165, 1.54) is 0 Å². The monoisotopic (exact) mass is 308 g/mol. The maximum absolute atomic E-state index is 12.0. The Hall–Kier alpha value is -2.57. The largest absolute Gasteiger partial charge is 0.480 e. The van der Waals surface area contributed by atoms with Crippen molar-refractivity contribution < 1.29 is 24.2 Å². The highest BCUT2D eigenvalue weighted by Crippen LogP contribution is 2.18. The minimum absolute atomic E-state index is 0.313. The molecule has 1 rings (SSSR count). The van der Waals surface area contributed by atoms with Gasteiger partial charge in [-0.2, -0.15) is 0 Å². The molecule has 0 atom stereocenters. The maximum atomic E-state index is 12.0. The molecule has 0 radical (unpaired) electrons. The van der Waals surface area contributed by atoms with Gasteiger partial charge >= 0.3 is 5.97 Å². The van der Waals surface area contributed by atoms with Crippen LogP contribution >= 0.6 is 0 Å². The van der Waals surface area contributed by atoms with Crippen molar-refractivity contribution in [2.24, 2.45) is 0 Å². The zero-order valence-corrected chi connectivity index (χ0v) is 12.8. The summed E-state index contributed by atoms with van der Waals surface area (Å²) in [5.41, 5.74) is -0.0905. The number of carbonyl (C=O) groups is 3. The van der Waals surface area contributed by atoms with E-state index in [0.29, 0.717) is 5.75 Å². The van der Waals surface area contributed by atoms with Gasteiger partial charge in [-0.3, -0.25) is 14.4 Å². The van der Waals surface area contributed by atoms with E-state index in [1.54, 1.807) is 26.0 Å². The van der Waals surface area contributed by atoms with Gasteiger partial charge in [0.2, 0.25) is 5.91 Å². The lowest BCUT2D eigenvalue weighted by atomic mass is 10.1. The Bertz CT molecular complexity index is 552. The topological polar surface area (TPSA) is 105 Å².